The van der Waals surface area contributed by atoms with Crippen molar-refractivity contribution in [3.8, 4) is 0 Å². The Morgan fingerprint density at radius 3 is 2.57 bits per heavy atom. The van der Waals surface area contributed by atoms with Gasteiger partial charge in [0.2, 0.25) is 11.0 Å². The number of nitrogens with zero attached hydrogens (tertiary/aromatic N) is 2. The van der Waals surface area contributed by atoms with Gasteiger partial charge in [-0.3, -0.25) is 4.79 Å². The third kappa shape index (κ3) is 2.95. The molecule has 1 aromatic rings. The highest BCUT2D eigenvalue weighted by molar-refractivity contribution is 7.90. The summed E-state index contributed by atoms with van der Waals surface area (Å²) in [7, 11) is -3.26. The van der Waals surface area contributed by atoms with Crippen LogP contribution in [0.3, 0.4) is 0 Å². The molecule has 7 nitrogen and oxygen atoms in total. The molecule has 1 aliphatic carbocycles. The third-order valence-corrected chi connectivity index (χ3v) is 5.67. The van der Waals surface area contributed by atoms with Gasteiger partial charge in [0.15, 0.2) is 5.82 Å². The maximum absolute atomic E-state index is 12.4. The molecule has 0 spiro atoms. The van der Waals surface area contributed by atoms with E-state index in [2.05, 4.69) is 21.6 Å². The first-order valence-electron chi connectivity index (χ1n) is 6.64. The summed E-state index contributed by atoms with van der Waals surface area (Å²) >= 11 is 1.13. The van der Waals surface area contributed by atoms with E-state index in [0.717, 1.165) is 36.5 Å². The number of carbonyl (C=O) groups is 1. The smallest absolute Gasteiger partial charge is 0.238 e. The Bertz CT molecular complexity index is 674. The summed E-state index contributed by atoms with van der Waals surface area (Å²) in [5.74, 6) is 0.183. The molecule has 2 fully saturated rings. The Balaban J connectivity index is 1.72. The van der Waals surface area contributed by atoms with Gasteiger partial charge in [-0.05, 0) is 12.8 Å². The summed E-state index contributed by atoms with van der Waals surface area (Å²) in [4.78, 5) is 16.7. The van der Waals surface area contributed by atoms with E-state index in [1.165, 1.54) is 0 Å². The first kappa shape index (κ1) is 14.9. The molecule has 2 heterocycles. The Labute approximate surface area is 127 Å². The van der Waals surface area contributed by atoms with E-state index in [4.69, 9.17) is 4.74 Å². The largest absolute Gasteiger partial charge is 0.379 e. The molecule has 21 heavy (non-hydrogen) atoms. The molecular weight excluding hydrogens is 314 g/mol. The van der Waals surface area contributed by atoms with E-state index in [-0.39, 0.29) is 30.3 Å². The van der Waals surface area contributed by atoms with Gasteiger partial charge >= 0.3 is 0 Å². The van der Waals surface area contributed by atoms with Crippen molar-refractivity contribution in [2.75, 3.05) is 30.5 Å². The second-order valence-corrected chi connectivity index (χ2v) is 9.17. The van der Waals surface area contributed by atoms with Crippen LogP contribution in [0.2, 0.25) is 0 Å². The van der Waals surface area contributed by atoms with E-state index in [1.807, 2.05) is 0 Å². The number of carbonyl (C=O) groups excluding carboxylic acids is 1. The number of rotatable bonds is 5. The van der Waals surface area contributed by atoms with Crippen LogP contribution < -0.4 is 5.32 Å². The highest BCUT2D eigenvalue weighted by Crippen LogP contribution is 2.46. The fraction of sp³-hybridized carbons (Fsp3) is 0.750. The number of hydrogen-bond acceptors (Lipinski definition) is 7. The molecule has 1 aliphatic heterocycles. The zero-order valence-corrected chi connectivity index (χ0v) is 13.5. The van der Waals surface area contributed by atoms with E-state index >= 15 is 0 Å². The number of nitrogens with one attached hydrogen (secondary N) is 1. The molecule has 3 rings (SSSR count). The maximum atomic E-state index is 12.4. The quantitative estimate of drug-likeness (QED) is 0.848. The van der Waals surface area contributed by atoms with Gasteiger partial charge in [-0.1, -0.05) is 6.92 Å². The second kappa shape index (κ2) is 4.72. The molecule has 0 unspecified atom stereocenters. The Kier molecular flexibility index (Phi) is 3.34. The second-order valence-electron chi connectivity index (χ2n) is 6.28. The van der Waals surface area contributed by atoms with E-state index in [9.17, 15) is 13.2 Å². The SMILES string of the molecule is CC1(c2nsc(NC(=O)C3(CS(C)(=O)=O)COC3)n2)CC1. The topological polar surface area (TPSA) is 98.2 Å². The molecular formula is C12H17N3O4S2. The van der Waals surface area contributed by atoms with Crippen LogP contribution in [0.15, 0.2) is 0 Å². The van der Waals surface area contributed by atoms with Crippen molar-refractivity contribution in [3.05, 3.63) is 5.82 Å². The van der Waals surface area contributed by atoms with Gasteiger partial charge < -0.3 is 10.1 Å². The molecule has 1 amide bonds. The number of anilines is 1. The highest BCUT2D eigenvalue weighted by atomic mass is 32.2. The van der Waals surface area contributed by atoms with Crippen LogP contribution in [-0.4, -0.2) is 48.9 Å². The minimum Gasteiger partial charge on any atom is -0.379 e. The fourth-order valence-electron chi connectivity index (χ4n) is 2.29. The summed E-state index contributed by atoms with van der Waals surface area (Å²) in [6.07, 6.45) is 3.24. The highest BCUT2D eigenvalue weighted by Gasteiger charge is 2.49. The number of ether oxygens (including phenoxy) is 1. The number of aromatic nitrogens is 2. The van der Waals surface area contributed by atoms with Crippen molar-refractivity contribution >= 4 is 32.4 Å². The van der Waals surface area contributed by atoms with Gasteiger partial charge in [-0.2, -0.15) is 4.37 Å². The summed E-state index contributed by atoms with van der Waals surface area (Å²) in [6, 6.07) is 0. The predicted molar refractivity (Wildman–Crippen MR) is 78.1 cm³/mol. The average Bonchev–Trinajstić information content (AvgIpc) is 2.89. The van der Waals surface area contributed by atoms with Crippen LogP contribution in [0.1, 0.15) is 25.6 Å². The molecule has 0 atom stereocenters. The predicted octanol–water partition coefficient (Wildman–Crippen LogP) is 0.589. The molecule has 116 valence electrons. The van der Waals surface area contributed by atoms with Crippen molar-refractivity contribution < 1.29 is 17.9 Å². The lowest BCUT2D eigenvalue weighted by atomic mass is 9.87. The standard InChI is InChI=1S/C12H17N3O4S2/c1-11(3-4-11)8-13-10(20-15-8)14-9(16)12(5-19-6-12)7-21(2,17)18/h3-7H2,1-2H3,(H,13,14,15,16). The minimum atomic E-state index is -3.26. The molecule has 0 radical (unpaired) electrons. The van der Waals surface area contributed by atoms with Crippen molar-refractivity contribution in [3.63, 3.8) is 0 Å². The monoisotopic (exact) mass is 331 g/mol. The number of amides is 1. The number of hydrogen-bond donors (Lipinski definition) is 1. The molecule has 0 aromatic carbocycles. The zero-order chi connectivity index (χ0) is 15.3. The van der Waals surface area contributed by atoms with Crippen LogP contribution in [0, 0.1) is 5.41 Å². The minimum absolute atomic E-state index is 0.0451. The molecule has 0 bridgehead atoms. The van der Waals surface area contributed by atoms with Crippen molar-refractivity contribution in [2.24, 2.45) is 5.41 Å². The lowest BCUT2D eigenvalue weighted by Crippen LogP contribution is -2.55. The molecule has 1 aromatic heterocycles. The van der Waals surface area contributed by atoms with Crippen LogP contribution in [0.25, 0.3) is 0 Å². The van der Waals surface area contributed by atoms with Crippen molar-refractivity contribution in [1.29, 1.82) is 0 Å². The lowest BCUT2D eigenvalue weighted by molar-refractivity contribution is -0.151. The summed E-state index contributed by atoms with van der Waals surface area (Å²) in [5.41, 5.74) is -0.952. The van der Waals surface area contributed by atoms with Crippen molar-refractivity contribution in [1.82, 2.24) is 9.36 Å². The summed E-state index contributed by atoms with van der Waals surface area (Å²) < 4.78 is 32.3. The fourth-order valence-corrected chi connectivity index (χ4v) is 4.29. The normalized spacial score (nSPS) is 22.4. The van der Waals surface area contributed by atoms with Crippen LogP contribution in [0.4, 0.5) is 5.13 Å². The van der Waals surface area contributed by atoms with Gasteiger partial charge in [-0.15, -0.1) is 0 Å². The Hall–Kier alpha value is -1.06. The van der Waals surface area contributed by atoms with Gasteiger partial charge in [0.05, 0.1) is 19.0 Å². The van der Waals surface area contributed by atoms with Crippen molar-refractivity contribution in [2.45, 2.75) is 25.2 Å². The lowest BCUT2D eigenvalue weighted by Gasteiger charge is -2.38. The van der Waals surface area contributed by atoms with E-state index < -0.39 is 15.3 Å². The van der Waals surface area contributed by atoms with Gasteiger partial charge in [0.25, 0.3) is 0 Å². The molecule has 1 saturated heterocycles. The molecule has 1 saturated carbocycles. The molecule has 2 aliphatic rings. The summed E-state index contributed by atoms with van der Waals surface area (Å²) in [6.45, 7) is 2.33. The maximum Gasteiger partial charge on any atom is 0.238 e. The zero-order valence-electron chi connectivity index (χ0n) is 11.9. The first-order valence-corrected chi connectivity index (χ1v) is 9.47. The van der Waals surface area contributed by atoms with E-state index in [1.54, 1.807) is 0 Å². The molecule has 9 heteroatoms. The van der Waals surface area contributed by atoms with Crippen LogP contribution in [0.5, 0.6) is 0 Å². The number of sulfone groups is 1. The van der Waals surface area contributed by atoms with Gasteiger partial charge in [-0.25, -0.2) is 13.4 Å². The third-order valence-electron chi connectivity index (χ3n) is 3.96. The Morgan fingerprint density at radius 1 is 1.43 bits per heavy atom. The Morgan fingerprint density at radius 2 is 2.10 bits per heavy atom. The molecule has 1 N–H and O–H groups in total. The first-order chi connectivity index (χ1) is 9.73. The summed E-state index contributed by atoms with van der Waals surface area (Å²) in [5, 5.41) is 3.11. The van der Waals surface area contributed by atoms with Gasteiger partial charge in [0.1, 0.15) is 15.3 Å². The van der Waals surface area contributed by atoms with E-state index in [0.29, 0.717) is 5.13 Å². The van der Waals surface area contributed by atoms with Gasteiger partial charge in [0, 0.05) is 23.2 Å². The van der Waals surface area contributed by atoms with Crippen LogP contribution >= 0.6 is 11.5 Å². The van der Waals surface area contributed by atoms with Crippen LogP contribution in [-0.2, 0) is 24.8 Å². The average molecular weight is 331 g/mol.